The van der Waals surface area contributed by atoms with E-state index in [1.165, 1.54) is 18.4 Å². The van der Waals surface area contributed by atoms with Crippen LogP contribution in [-0.2, 0) is 15.0 Å². The summed E-state index contributed by atoms with van der Waals surface area (Å²) in [6.45, 7) is 1.65. The molecule has 11 heteroatoms. The van der Waals surface area contributed by atoms with Gasteiger partial charge < -0.3 is 9.84 Å². The predicted octanol–water partition coefficient (Wildman–Crippen LogP) is -0.447. The highest BCUT2D eigenvalue weighted by Gasteiger charge is 2.31. The fourth-order valence-electron chi connectivity index (χ4n) is 2.53. The minimum Gasteiger partial charge on any atom is -0.368 e. The summed E-state index contributed by atoms with van der Waals surface area (Å²) in [6, 6.07) is -0.334. The average molecular weight is 366 g/mol. The maximum absolute atomic E-state index is 10.9. The van der Waals surface area contributed by atoms with Crippen LogP contribution < -0.4 is 10.0 Å². The molecule has 1 saturated heterocycles. The van der Waals surface area contributed by atoms with Gasteiger partial charge in [-0.3, -0.25) is 14.8 Å². The predicted molar refractivity (Wildman–Crippen MR) is 85.2 cm³/mol. The number of nitrogens with one attached hydrogen (secondary N) is 2. The van der Waals surface area contributed by atoms with Crippen molar-refractivity contribution in [3.05, 3.63) is 16.6 Å². The second-order valence-corrected chi connectivity index (χ2v) is 7.39. The minimum absolute atomic E-state index is 0.174. The fourth-order valence-corrected chi connectivity index (χ4v) is 3.89. The Kier molecular flexibility index (Phi) is 6.85. The number of likely N-dealkylation sites (tertiary alicyclic amines) is 1. The molecule has 2 unspecified atom stereocenters. The van der Waals surface area contributed by atoms with Crippen LogP contribution in [0.4, 0.5) is 0 Å². The number of hydrogen-bond donors (Lipinski definition) is 4. The summed E-state index contributed by atoms with van der Waals surface area (Å²) in [5.74, 6) is 0. The van der Waals surface area contributed by atoms with Gasteiger partial charge in [-0.15, -0.1) is 11.3 Å². The highest BCUT2D eigenvalue weighted by atomic mass is 32.2. The lowest BCUT2D eigenvalue weighted by Gasteiger charge is -2.27. The quantitative estimate of drug-likeness (QED) is 0.342. The first-order valence-corrected chi connectivity index (χ1v) is 9.53. The summed E-state index contributed by atoms with van der Waals surface area (Å²) in [4.78, 5) is 6.37. The van der Waals surface area contributed by atoms with Crippen LogP contribution in [0.25, 0.3) is 0 Å². The summed E-state index contributed by atoms with van der Waals surface area (Å²) in [6.07, 6.45) is 1.74. The lowest BCUT2D eigenvalue weighted by atomic mass is 10.3. The van der Waals surface area contributed by atoms with Crippen molar-refractivity contribution >= 4 is 21.6 Å². The molecule has 1 aliphatic heterocycles. The van der Waals surface area contributed by atoms with Crippen molar-refractivity contribution < 1.29 is 22.8 Å². The Morgan fingerprint density at radius 1 is 1.61 bits per heavy atom. The van der Waals surface area contributed by atoms with Crippen LogP contribution in [0.15, 0.2) is 11.6 Å². The third kappa shape index (κ3) is 6.04. The number of hydrogen-bond acceptors (Lipinski definition) is 8. The topological polar surface area (TPSA) is 124 Å². The summed E-state index contributed by atoms with van der Waals surface area (Å²) >= 11 is 1.50. The Labute approximate surface area is 139 Å². The van der Waals surface area contributed by atoms with Crippen LogP contribution in [0.5, 0.6) is 0 Å². The molecule has 23 heavy (non-hydrogen) atoms. The molecule has 4 N–H and O–H groups in total. The number of methoxy groups -OCH3 is 1. The zero-order chi connectivity index (χ0) is 16.9. The molecule has 0 radical (unpaired) electrons. The third-order valence-electron chi connectivity index (χ3n) is 3.59. The zero-order valence-electron chi connectivity index (χ0n) is 12.8. The maximum atomic E-state index is 10.9. The molecule has 1 aromatic rings. The van der Waals surface area contributed by atoms with E-state index in [-0.39, 0.29) is 12.2 Å². The van der Waals surface area contributed by atoms with Gasteiger partial charge in [0.2, 0.25) is 0 Å². The van der Waals surface area contributed by atoms with Gasteiger partial charge in [-0.1, -0.05) is 0 Å². The average Bonchev–Trinajstić information content (AvgIpc) is 3.13. The van der Waals surface area contributed by atoms with E-state index < -0.39 is 16.6 Å². The smallest absolute Gasteiger partial charge is 0.333 e. The summed E-state index contributed by atoms with van der Waals surface area (Å²) in [5, 5.41) is 15.5. The molecule has 3 atom stereocenters. The number of aliphatic hydroxyl groups excluding tert-OH is 1. The van der Waals surface area contributed by atoms with Gasteiger partial charge in [0.05, 0.1) is 0 Å². The number of rotatable bonds is 9. The fraction of sp³-hybridized carbons (Fsp3) is 0.750. The van der Waals surface area contributed by atoms with Gasteiger partial charge in [0.15, 0.2) is 6.29 Å². The van der Waals surface area contributed by atoms with E-state index in [2.05, 4.69) is 19.9 Å². The molecule has 0 aliphatic carbocycles. The monoisotopic (exact) mass is 366 g/mol. The SMILES string of the molecule is COC(O)CCNC(c1nccs1)N1CC[C@H](NS(=O)(=O)O)C1. The minimum atomic E-state index is -4.20. The Balaban J connectivity index is 1.95. The molecule has 2 heterocycles. The molecule has 0 saturated carbocycles. The van der Waals surface area contributed by atoms with E-state index in [9.17, 15) is 13.5 Å². The Morgan fingerprint density at radius 2 is 2.39 bits per heavy atom. The molecule has 1 aromatic heterocycles. The van der Waals surface area contributed by atoms with Gasteiger partial charge in [0.1, 0.15) is 11.2 Å². The molecule has 1 aliphatic rings. The van der Waals surface area contributed by atoms with Gasteiger partial charge in [-0.2, -0.15) is 13.1 Å². The molecule has 132 valence electrons. The second kappa shape index (κ2) is 8.44. The van der Waals surface area contributed by atoms with Gasteiger partial charge >= 0.3 is 10.3 Å². The summed E-state index contributed by atoms with van der Waals surface area (Å²) < 4.78 is 37.8. The van der Waals surface area contributed by atoms with E-state index in [1.54, 1.807) is 6.20 Å². The van der Waals surface area contributed by atoms with Crippen LogP contribution in [0.3, 0.4) is 0 Å². The van der Waals surface area contributed by atoms with Crippen molar-refractivity contribution in [2.24, 2.45) is 0 Å². The second-order valence-electron chi connectivity index (χ2n) is 5.28. The van der Waals surface area contributed by atoms with Gasteiger partial charge in [0.25, 0.3) is 0 Å². The number of thiazole rings is 1. The molecule has 9 nitrogen and oxygen atoms in total. The Morgan fingerprint density at radius 3 is 3.00 bits per heavy atom. The molecule has 1 fully saturated rings. The lowest BCUT2D eigenvalue weighted by molar-refractivity contribution is -0.0783. The van der Waals surface area contributed by atoms with Crippen LogP contribution in [0.1, 0.15) is 24.0 Å². The Bertz CT molecular complexity index is 568. The molecule has 0 bridgehead atoms. The summed E-state index contributed by atoms with van der Waals surface area (Å²) in [5.41, 5.74) is 0. The van der Waals surface area contributed by atoms with E-state index in [0.29, 0.717) is 32.5 Å². The molecule has 0 amide bonds. The molecule has 2 rings (SSSR count). The lowest BCUT2D eigenvalue weighted by Crippen LogP contribution is -2.41. The van der Waals surface area contributed by atoms with E-state index >= 15 is 0 Å². The van der Waals surface area contributed by atoms with Crippen LogP contribution in [0, 0.1) is 0 Å². The first kappa shape index (κ1) is 18.7. The molecular formula is C12H22N4O5S2. The number of nitrogens with zero attached hydrogens (tertiary/aromatic N) is 2. The summed E-state index contributed by atoms with van der Waals surface area (Å²) in [7, 11) is -2.76. The number of aromatic nitrogens is 1. The third-order valence-corrected chi connectivity index (χ3v) is 5.05. The number of aliphatic hydroxyl groups is 1. The van der Waals surface area contributed by atoms with E-state index in [1.807, 2.05) is 5.38 Å². The highest BCUT2D eigenvalue weighted by molar-refractivity contribution is 7.83. The number of ether oxygens (including phenoxy) is 1. The zero-order valence-corrected chi connectivity index (χ0v) is 14.4. The van der Waals surface area contributed by atoms with E-state index in [0.717, 1.165) is 5.01 Å². The molecule has 0 spiro atoms. The van der Waals surface area contributed by atoms with Gasteiger partial charge in [-0.25, -0.2) is 4.98 Å². The first-order valence-electron chi connectivity index (χ1n) is 7.21. The Hall–Kier alpha value is -0.660. The first-order chi connectivity index (χ1) is 10.9. The highest BCUT2D eigenvalue weighted by Crippen LogP contribution is 2.24. The maximum Gasteiger partial charge on any atom is 0.333 e. The van der Waals surface area contributed by atoms with Gasteiger partial charge in [-0.05, 0) is 6.42 Å². The van der Waals surface area contributed by atoms with Crippen molar-refractivity contribution in [1.82, 2.24) is 19.9 Å². The molecular weight excluding hydrogens is 344 g/mol. The van der Waals surface area contributed by atoms with Crippen molar-refractivity contribution in [3.63, 3.8) is 0 Å². The standard InChI is InChI=1S/C12H22N4O5S2/c1-21-10(17)2-4-13-11(12-14-5-7-22-12)16-6-3-9(8-16)15-23(18,19)20/h5,7,9-11,13,15,17H,2-4,6,8H2,1H3,(H,18,19,20)/t9-,10?,11?/m0/s1. The van der Waals surface area contributed by atoms with Crippen molar-refractivity contribution in [2.75, 3.05) is 26.7 Å². The largest absolute Gasteiger partial charge is 0.368 e. The molecule has 0 aromatic carbocycles. The van der Waals surface area contributed by atoms with Crippen LogP contribution >= 0.6 is 11.3 Å². The van der Waals surface area contributed by atoms with Crippen molar-refractivity contribution in [2.45, 2.75) is 31.3 Å². The van der Waals surface area contributed by atoms with Crippen LogP contribution in [0.2, 0.25) is 0 Å². The normalized spacial score (nSPS) is 22.3. The van der Waals surface area contributed by atoms with Gasteiger partial charge in [0, 0.05) is 50.8 Å². The van der Waals surface area contributed by atoms with E-state index in [4.69, 9.17) is 9.29 Å². The van der Waals surface area contributed by atoms with Crippen LogP contribution in [-0.4, -0.2) is 67.0 Å². The van der Waals surface area contributed by atoms with Crippen molar-refractivity contribution in [3.8, 4) is 0 Å². The van der Waals surface area contributed by atoms with Crippen molar-refractivity contribution in [1.29, 1.82) is 0 Å².